The van der Waals surface area contributed by atoms with Gasteiger partial charge in [-0.3, -0.25) is 4.79 Å². The number of halogens is 1. The number of carbonyl (C=O) groups excluding carboxylic acids is 1. The number of amides is 1. The molecule has 1 amide bonds. The fraction of sp³-hybridized carbons (Fsp3) is 0.632. The molecule has 1 aliphatic rings. The van der Waals surface area contributed by atoms with E-state index in [-0.39, 0.29) is 5.91 Å². The second-order valence-electron chi connectivity index (χ2n) is 6.68. The number of hydrogen-bond donors (Lipinski definition) is 0. The number of rotatable bonds is 6. The zero-order valence-electron chi connectivity index (χ0n) is 14.1. The molecule has 1 aromatic rings. The third-order valence-electron chi connectivity index (χ3n) is 4.46. The molecule has 0 aliphatic carbocycles. The van der Waals surface area contributed by atoms with Crippen molar-refractivity contribution in [3.63, 3.8) is 0 Å². The van der Waals surface area contributed by atoms with Crippen molar-refractivity contribution in [1.82, 2.24) is 0 Å². The molecule has 0 radical (unpaired) electrons. The maximum absolute atomic E-state index is 12.4. The van der Waals surface area contributed by atoms with E-state index in [1.54, 1.807) is 0 Å². The lowest BCUT2D eigenvalue weighted by atomic mass is 9.95. The average Bonchev–Trinajstić information content (AvgIpc) is 2.51. The number of hydrogen-bond acceptors (Lipinski definition) is 1. The van der Waals surface area contributed by atoms with E-state index >= 15 is 0 Å². The number of aryl methyl sites for hydroxylation is 1. The van der Waals surface area contributed by atoms with Gasteiger partial charge in [-0.05, 0) is 48.8 Å². The van der Waals surface area contributed by atoms with Gasteiger partial charge in [-0.1, -0.05) is 55.3 Å². The highest BCUT2D eigenvalue weighted by atomic mass is 79.9. The summed E-state index contributed by atoms with van der Waals surface area (Å²) in [6.45, 7) is 7.50. The molecule has 1 unspecified atom stereocenters. The van der Waals surface area contributed by atoms with Gasteiger partial charge in [-0.15, -0.1) is 0 Å². The Morgan fingerprint density at radius 3 is 2.82 bits per heavy atom. The van der Waals surface area contributed by atoms with Gasteiger partial charge in [-0.2, -0.15) is 0 Å². The topological polar surface area (TPSA) is 20.3 Å². The summed E-state index contributed by atoms with van der Waals surface area (Å²) in [5.41, 5.74) is 3.86. The minimum absolute atomic E-state index is 0.288. The highest BCUT2D eigenvalue weighted by molar-refractivity contribution is 9.09. The molecule has 0 saturated heterocycles. The van der Waals surface area contributed by atoms with Gasteiger partial charge in [0.1, 0.15) is 0 Å². The Morgan fingerprint density at radius 2 is 2.14 bits per heavy atom. The summed E-state index contributed by atoms with van der Waals surface area (Å²) in [5, 5.41) is 0. The van der Waals surface area contributed by atoms with Crippen LogP contribution >= 0.6 is 15.9 Å². The average molecular weight is 366 g/mol. The molecule has 1 aromatic carbocycles. The zero-order chi connectivity index (χ0) is 16.1. The number of benzene rings is 1. The molecule has 0 bridgehead atoms. The molecule has 122 valence electrons. The van der Waals surface area contributed by atoms with Crippen LogP contribution in [0.5, 0.6) is 0 Å². The number of alkyl halides is 1. The van der Waals surface area contributed by atoms with Crippen molar-refractivity contribution in [3.05, 3.63) is 29.3 Å². The molecule has 1 aliphatic heterocycles. The first-order valence-corrected chi connectivity index (χ1v) is 9.50. The molecular weight excluding hydrogens is 338 g/mol. The standard InChI is InChI=1S/C19H28BrNO/c1-4-5-8-19(22)21-11-6-7-16-12-15(9-10-18(16)21)13-17(20)14(2)3/h9-10,12,14,17H,4-8,11,13H2,1-3H3. The van der Waals surface area contributed by atoms with Crippen LogP contribution < -0.4 is 4.90 Å². The van der Waals surface area contributed by atoms with E-state index in [1.165, 1.54) is 11.1 Å². The first-order valence-electron chi connectivity index (χ1n) is 8.59. The van der Waals surface area contributed by atoms with Crippen molar-refractivity contribution in [1.29, 1.82) is 0 Å². The summed E-state index contributed by atoms with van der Waals surface area (Å²) in [7, 11) is 0. The molecular formula is C19H28BrNO. The van der Waals surface area contributed by atoms with Gasteiger partial charge >= 0.3 is 0 Å². The Bertz CT molecular complexity index is 512. The van der Waals surface area contributed by atoms with Crippen LogP contribution in [0.1, 0.15) is 57.6 Å². The van der Waals surface area contributed by atoms with Gasteiger partial charge in [0.25, 0.3) is 0 Å². The lowest BCUT2D eigenvalue weighted by Crippen LogP contribution is -2.35. The van der Waals surface area contributed by atoms with E-state index in [0.29, 0.717) is 17.2 Å². The number of nitrogens with zero attached hydrogens (tertiary/aromatic N) is 1. The van der Waals surface area contributed by atoms with Crippen LogP contribution in [0.25, 0.3) is 0 Å². The van der Waals surface area contributed by atoms with Crippen molar-refractivity contribution in [2.75, 3.05) is 11.4 Å². The smallest absolute Gasteiger partial charge is 0.226 e. The van der Waals surface area contributed by atoms with Crippen molar-refractivity contribution in [3.8, 4) is 0 Å². The Kier molecular flexibility index (Phi) is 6.49. The van der Waals surface area contributed by atoms with Crippen LogP contribution in [0.15, 0.2) is 18.2 Å². The quantitative estimate of drug-likeness (QED) is 0.640. The predicted octanol–water partition coefficient (Wildman–Crippen LogP) is 5.12. The van der Waals surface area contributed by atoms with Crippen molar-refractivity contribution in [2.45, 2.75) is 64.1 Å². The van der Waals surface area contributed by atoms with Crippen LogP contribution in [-0.4, -0.2) is 17.3 Å². The van der Waals surface area contributed by atoms with Gasteiger partial charge < -0.3 is 4.90 Å². The van der Waals surface area contributed by atoms with Gasteiger partial charge in [0.05, 0.1) is 0 Å². The van der Waals surface area contributed by atoms with Gasteiger partial charge in [0.15, 0.2) is 0 Å². The SMILES string of the molecule is CCCCC(=O)N1CCCc2cc(CC(Br)C(C)C)ccc21. The van der Waals surface area contributed by atoms with E-state index in [2.05, 4.69) is 54.9 Å². The highest BCUT2D eigenvalue weighted by Gasteiger charge is 2.22. The Labute approximate surface area is 143 Å². The summed E-state index contributed by atoms with van der Waals surface area (Å²) >= 11 is 3.77. The lowest BCUT2D eigenvalue weighted by Gasteiger charge is -2.30. The summed E-state index contributed by atoms with van der Waals surface area (Å²) in [6.07, 6.45) is 5.96. The normalized spacial score (nSPS) is 15.8. The zero-order valence-corrected chi connectivity index (χ0v) is 15.7. The molecule has 1 atom stereocenters. The molecule has 0 saturated carbocycles. The minimum atomic E-state index is 0.288. The third kappa shape index (κ3) is 4.34. The van der Waals surface area contributed by atoms with Crippen LogP contribution in [0, 0.1) is 5.92 Å². The van der Waals surface area contributed by atoms with Crippen molar-refractivity contribution in [2.24, 2.45) is 5.92 Å². The maximum Gasteiger partial charge on any atom is 0.226 e. The van der Waals surface area contributed by atoms with Crippen molar-refractivity contribution < 1.29 is 4.79 Å². The van der Waals surface area contributed by atoms with Gasteiger partial charge in [0, 0.05) is 23.5 Å². The Hall–Kier alpha value is -0.830. The molecule has 0 N–H and O–H groups in total. The van der Waals surface area contributed by atoms with E-state index in [1.807, 2.05) is 4.90 Å². The fourth-order valence-corrected chi connectivity index (χ4v) is 3.33. The van der Waals surface area contributed by atoms with Gasteiger partial charge in [-0.25, -0.2) is 0 Å². The number of fused-ring (bicyclic) bond motifs is 1. The summed E-state index contributed by atoms with van der Waals surface area (Å²) in [5.74, 6) is 0.916. The Morgan fingerprint density at radius 1 is 1.36 bits per heavy atom. The summed E-state index contributed by atoms with van der Waals surface area (Å²) < 4.78 is 0. The van der Waals surface area contributed by atoms with E-state index in [9.17, 15) is 4.79 Å². The Balaban J connectivity index is 2.14. The maximum atomic E-state index is 12.4. The highest BCUT2D eigenvalue weighted by Crippen LogP contribution is 2.30. The largest absolute Gasteiger partial charge is 0.312 e. The third-order valence-corrected chi connectivity index (χ3v) is 5.84. The van der Waals surface area contributed by atoms with E-state index in [0.717, 1.165) is 44.3 Å². The number of unbranched alkanes of at least 4 members (excludes halogenated alkanes) is 1. The molecule has 2 nitrogen and oxygen atoms in total. The minimum Gasteiger partial charge on any atom is -0.312 e. The fourth-order valence-electron chi connectivity index (χ4n) is 2.96. The monoisotopic (exact) mass is 365 g/mol. The number of anilines is 1. The first kappa shape index (κ1) is 17.5. The summed E-state index contributed by atoms with van der Waals surface area (Å²) in [6, 6.07) is 6.67. The lowest BCUT2D eigenvalue weighted by molar-refractivity contribution is -0.118. The van der Waals surface area contributed by atoms with E-state index in [4.69, 9.17) is 0 Å². The van der Waals surface area contributed by atoms with Crippen LogP contribution in [-0.2, 0) is 17.6 Å². The van der Waals surface area contributed by atoms with E-state index < -0.39 is 0 Å². The van der Waals surface area contributed by atoms with Gasteiger partial charge in [0.2, 0.25) is 5.91 Å². The first-order chi connectivity index (χ1) is 10.5. The molecule has 3 heteroatoms. The van der Waals surface area contributed by atoms with Crippen LogP contribution in [0.3, 0.4) is 0 Å². The second kappa shape index (κ2) is 8.14. The van der Waals surface area contributed by atoms with Crippen molar-refractivity contribution >= 4 is 27.5 Å². The molecule has 22 heavy (non-hydrogen) atoms. The molecule has 0 fully saturated rings. The molecule has 1 heterocycles. The molecule has 2 rings (SSSR count). The number of carbonyl (C=O) groups is 1. The molecule has 0 aromatic heterocycles. The van der Waals surface area contributed by atoms with Crippen LogP contribution in [0.4, 0.5) is 5.69 Å². The second-order valence-corrected chi connectivity index (χ2v) is 7.86. The van der Waals surface area contributed by atoms with Crippen LogP contribution in [0.2, 0.25) is 0 Å². The predicted molar refractivity (Wildman–Crippen MR) is 97.9 cm³/mol. The molecule has 0 spiro atoms. The summed E-state index contributed by atoms with van der Waals surface area (Å²) in [4.78, 5) is 14.9.